The number of fused-ring (bicyclic) bond motifs is 1. The Bertz CT molecular complexity index is 1640. The third kappa shape index (κ3) is 6.25. The highest BCUT2D eigenvalue weighted by atomic mass is 16.5. The van der Waals surface area contributed by atoms with Gasteiger partial charge in [0.15, 0.2) is 0 Å². The maximum atomic E-state index is 11.8. The molecular formula is C30H25N5O5. The van der Waals surface area contributed by atoms with E-state index in [0.717, 1.165) is 11.4 Å². The molecule has 1 heterocycles. The zero-order valence-corrected chi connectivity index (χ0v) is 21.7. The third-order valence-electron chi connectivity index (χ3n) is 5.79. The summed E-state index contributed by atoms with van der Waals surface area (Å²) in [7, 11) is 2.63. The van der Waals surface area contributed by atoms with E-state index in [-0.39, 0.29) is 0 Å². The van der Waals surface area contributed by atoms with Crippen molar-refractivity contribution in [3.8, 4) is 11.5 Å². The van der Waals surface area contributed by atoms with Gasteiger partial charge in [-0.2, -0.15) is 4.98 Å². The van der Waals surface area contributed by atoms with Crippen LogP contribution in [0.5, 0.6) is 11.5 Å². The van der Waals surface area contributed by atoms with Crippen LogP contribution in [-0.4, -0.2) is 36.3 Å². The minimum absolute atomic E-state index is 0.353. The summed E-state index contributed by atoms with van der Waals surface area (Å²) in [6.07, 6.45) is -0.592. The Labute approximate surface area is 229 Å². The van der Waals surface area contributed by atoms with Crippen LogP contribution in [0.4, 0.5) is 33.6 Å². The Morgan fingerprint density at radius 2 is 1.32 bits per heavy atom. The quantitative estimate of drug-likeness (QED) is 0.183. The van der Waals surface area contributed by atoms with Crippen LogP contribution in [0, 0.1) is 0 Å². The molecule has 1 amide bonds. The topological polar surface area (TPSA) is 124 Å². The molecule has 0 aliphatic carbocycles. The molecule has 0 saturated carbocycles. The van der Waals surface area contributed by atoms with E-state index in [9.17, 15) is 9.59 Å². The molecule has 3 N–H and O–H groups in total. The van der Waals surface area contributed by atoms with E-state index in [1.807, 2.05) is 54.6 Å². The summed E-state index contributed by atoms with van der Waals surface area (Å²) in [6, 6.07) is 29.0. The van der Waals surface area contributed by atoms with Crippen molar-refractivity contribution in [3.05, 3.63) is 103 Å². The summed E-state index contributed by atoms with van der Waals surface area (Å²) in [4.78, 5) is 32.9. The monoisotopic (exact) mass is 535 g/mol. The number of hydrogen-bond donors (Lipinski definition) is 3. The second kappa shape index (κ2) is 11.8. The Morgan fingerprint density at radius 3 is 2.02 bits per heavy atom. The van der Waals surface area contributed by atoms with Gasteiger partial charge in [0.2, 0.25) is 5.95 Å². The Hall–Kier alpha value is -5.64. The fraction of sp³-hybridized carbons (Fsp3) is 0.0667. The second-order valence-electron chi connectivity index (χ2n) is 8.50. The minimum Gasteiger partial charge on any atom is -0.465 e. The number of carbonyl (C=O) groups is 2. The van der Waals surface area contributed by atoms with E-state index in [2.05, 4.69) is 20.9 Å². The number of carbonyl (C=O) groups excluding carboxylic acids is 2. The Balaban J connectivity index is 1.44. The van der Waals surface area contributed by atoms with Gasteiger partial charge in [0.05, 0.1) is 25.3 Å². The molecule has 40 heavy (non-hydrogen) atoms. The number of anilines is 5. The van der Waals surface area contributed by atoms with Gasteiger partial charge >= 0.3 is 12.1 Å². The minimum atomic E-state index is -0.592. The van der Waals surface area contributed by atoms with Gasteiger partial charge < -0.3 is 24.8 Å². The number of nitrogens with one attached hydrogen (secondary N) is 3. The summed E-state index contributed by atoms with van der Waals surface area (Å²) in [5.74, 6) is 1.85. The van der Waals surface area contributed by atoms with Crippen LogP contribution in [0.1, 0.15) is 10.4 Å². The number of hydrogen-bond acceptors (Lipinski definition) is 9. The van der Waals surface area contributed by atoms with Crippen molar-refractivity contribution in [2.75, 3.05) is 30.2 Å². The number of methoxy groups -OCH3 is 2. The number of nitrogens with zero attached hydrogens (tertiary/aromatic N) is 2. The third-order valence-corrected chi connectivity index (χ3v) is 5.79. The average molecular weight is 536 g/mol. The first-order valence-electron chi connectivity index (χ1n) is 12.2. The Kier molecular flexibility index (Phi) is 7.68. The summed E-state index contributed by atoms with van der Waals surface area (Å²) < 4.78 is 15.3. The highest BCUT2D eigenvalue weighted by molar-refractivity contribution is 5.97. The molecule has 0 atom stereocenters. The highest BCUT2D eigenvalue weighted by Crippen LogP contribution is 2.30. The lowest BCUT2D eigenvalue weighted by Crippen LogP contribution is -2.11. The second-order valence-corrected chi connectivity index (χ2v) is 8.50. The van der Waals surface area contributed by atoms with Crippen molar-refractivity contribution in [2.24, 2.45) is 0 Å². The molecule has 0 saturated heterocycles. The predicted molar refractivity (Wildman–Crippen MR) is 153 cm³/mol. The molecule has 0 aliphatic rings. The number of rotatable bonds is 8. The fourth-order valence-electron chi connectivity index (χ4n) is 3.83. The molecule has 5 rings (SSSR count). The maximum absolute atomic E-state index is 11.8. The van der Waals surface area contributed by atoms with Gasteiger partial charge in [-0.25, -0.2) is 14.6 Å². The van der Waals surface area contributed by atoms with Crippen molar-refractivity contribution in [1.82, 2.24) is 9.97 Å². The number of aromatic nitrogens is 2. The van der Waals surface area contributed by atoms with Gasteiger partial charge in [0, 0.05) is 22.4 Å². The van der Waals surface area contributed by atoms with E-state index in [4.69, 9.17) is 19.2 Å². The SMILES string of the molecule is COC(=O)Nc1ccc2nc(Nc3ccc(Oc4ccccc4)cc3)nc(Nc3ccc(C(=O)OC)cc3)c2c1. The fourth-order valence-corrected chi connectivity index (χ4v) is 3.83. The highest BCUT2D eigenvalue weighted by Gasteiger charge is 2.12. The zero-order chi connectivity index (χ0) is 27.9. The van der Waals surface area contributed by atoms with Gasteiger partial charge in [0.25, 0.3) is 0 Å². The van der Waals surface area contributed by atoms with Crippen LogP contribution in [0.2, 0.25) is 0 Å². The van der Waals surface area contributed by atoms with Crippen molar-refractivity contribution < 1.29 is 23.8 Å². The normalized spacial score (nSPS) is 10.4. The molecule has 4 aromatic carbocycles. The van der Waals surface area contributed by atoms with Crippen LogP contribution >= 0.6 is 0 Å². The lowest BCUT2D eigenvalue weighted by atomic mass is 10.2. The van der Waals surface area contributed by atoms with Crippen LogP contribution in [0.25, 0.3) is 10.9 Å². The molecule has 200 valence electrons. The molecule has 10 nitrogen and oxygen atoms in total. The molecule has 0 unspecified atom stereocenters. The number of ether oxygens (including phenoxy) is 3. The van der Waals surface area contributed by atoms with E-state index in [0.29, 0.717) is 45.4 Å². The van der Waals surface area contributed by atoms with Crippen LogP contribution in [0.3, 0.4) is 0 Å². The molecule has 1 aromatic heterocycles. The van der Waals surface area contributed by atoms with Crippen LogP contribution in [-0.2, 0) is 9.47 Å². The van der Waals surface area contributed by atoms with Gasteiger partial charge in [-0.15, -0.1) is 0 Å². The molecule has 10 heteroatoms. The molecule has 0 fully saturated rings. The first kappa shape index (κ1) is 26.0. The summed E-state index contributed by atoms with van der Waals surface area (Å²) >= 11 is 0. The Morgan fingerprint density at radius 1 is 0.675 bits per heavy atom. The van der Waals surface area contributed by atoms with Gasteiger partial charge in [-0.05, 0) is 78.9 Å². The lowest BCUT2D eigenvalue weighted by Gasteiger charge is -2.14. The summed E-state index contributed by atoms with van der Waals surface area (Å²) in [5, 5.41) is 9.82. The zero-order valence-electron chi connectivity index (χ0n) is 21.7. The van der Waals surface area contributed by atoms with Crippen LogP contribution in [0.15, 0.2) is 97.1 Å². The van der Waals surface area contributed by atoms with Gasteiger partial charge in [0.1, 0.15) is 17.3 Å². The predicted octanol–water partition coefficient (Wildman–Crippen LogP) is 6.87. The summed E-state index contributed by atoms with van der Waals surface area (Å²) in [5.41, 5.74) is 3.02. The van der Waals surface area contributed by atoms with Crippen LogP contribution < -0.4 is 20.7 Å². The van der Waals surface area contributed by atoms with Gasteiger partial charge in [-0.1, -0.05) is 18.2 Å². The number of esters is 1. The lowest BCUT2D eigenvalue weighted by molar-refractivity contribution is 0.0600. The standard InChI is InChI=1S/C30H25N5O5/c1-38-28(36)19-8-10-20(11-9-19)31-27-25-18-22(33-30(37)39-2)14-17-26(25)34-29(35-27)32-21-12-15-24(16-13-21)40-23-6-4-3-5-7-23/h3-18H,1-2H3,(H,33,37)(H2,31,32,34,35). The van der Waals surface area contributed by atoms with E-state index in [1.54, 1.807) is 42.5 Å². The molecule has 5 aromatic rings. The average Bonchev–Trinajstić information content (AvgIpc) is 2.99. The van der Waals surface area contributed by atoms with Crippen molar-refractivity contribution in [2.45, 2.75) is 0 Å². The largest absolute Gasteiger partial charge is 0.465 e. The molecule has 0 aliphatic heterocycles. The number of benzene rings is 4. The number of amides is 1. The smallest absolute Gasteiger partial charge is 0.411 e. The first-order chi connectivity index (χ1) is 19.5. The number of para-hydroxylation sites is 1. The van der Waals surface area contributed by atoms with Crippen molar-refractivity contribution >= 4 is 51.8 Å². The summed E-state index contributed by atoms with van der Waals surface area (Å²) in [6.45, 7) is 0. The van der Waals surface area contributed by atoms with E-state index in [1.165, 1.54) is 14.2 Å². The maximum Gasteiger partial charge on any atom is 0.411 e. The van der Waals surface area contributed by atoms with E-state index >= 15 is 0 Å². The molecule has 0 spiro atoms. The van der Waals surface area contributed by atoms with Crippen molar-refractivity contribution in [3.63, 3.8) is 0 Å². The first-order valence-corrected chi connectivity index (χ1v) is 12.2. The molecule has 0 bridgehead atoms. The van der Waals surface area contributed by atoms with Gasteiger partial charge in [-0.3, -0.25) is 5.32 Å². The van der Waals surface area contributed by atoms with E-state index < -0.39 is 12.1 Å². The molecule has 0 radical (unpaired) electrons. The molecular weight excluding hydrogens is 510 g/mol. The van der Waals surface area contributed by atoms with Crippen molar-refractivity contribution in [1.29, 1.82) is 0 Å².